The molecule has 0 spiro atoms. The quantitative estimate of drug-likeness (QED) is 0.587. The van der Waals surface area contributed by atoms with Gasteiger partial charge in [0, 0.05) is 11.3 Å². The molecule has 1 aromatic carbocycles. The number of ether oxygens (including phenoxy) is 1. The summed E-state index contributed by atoms with van der Waals surface area (Å²) in [4.78, 5) is 12.3. The Kier molecular flexibility index (Phi) is 4.47. The number of esters is 1. The fourth-order valence-corrected chi connectivity index (χ4v) is 2.48. The van der Waals surface area contributed by atoms with Crippen LogP contribution in [-0.4, -0.2) is 22.3 Å². The first-order valence-electron chi connectivity index (χ1n) is 6.67. The molecule has 5 nitrogen and oxygen atoms in total. The Morgan fingerprint density at radius 1 is 1.38 bits per heavy atom. The summed E-state index contributed by atoms with van der Waals surface area (Å²) in [5.41, 5.74) is 1.62. The average molecular weight is 306 g/mol. The summed E-state index contributed by atoms with van der Waals surface area (Å²) in [6.07, 6.45) is -0.225. The summed E-state index contributed by atoms with van der Waals surface area (Å²) in [6, 6.07) is 6.30. The molecule has 1 aliphatic heterocycles. The Morgan fingerprint density at radius 3 is 2.67 bits per heavy atom. The van der Waals surface area contributed by atoms with Gasteiger partial charge in [-0.15, -0.1) is 0 Å². The predicted molar refractivity (Wildman–Crippen MR) is 83.6 cm³/mol. The zero-order chi connectivity index (χ0) is 15.6. The summed E-state index contributed by atoms with van der Waals surface area (Å²) in [6.45, 7) is 5.34. The maximum Gasteiger partial charge on any atom is 0.338 e. The van der Waals surface area contributed by atoms with Crippen molar-refractivity contribution in [3.8, 4) is 5.75 Å². The lowest BCUT2D eigenvalue weighted by atomic mass is 9.95. The van der Waals surface area contributed by atoms with E-state index in [-0.39, 0.29) is 11.9 Å². The Hall–Kier alpha value is -2.08. The van der Waals surface area contributed by atoms with Crippen LogP contribution in [0.1, 0.15) is 32.4 Å². The zero-order valence-corrected chi connectivity index (χ0v) is 13.0. The molecule has 21 heavy (non-hydrogen) atoms. The van der Waals surface area contributed by atoms with E-state index in [1.165, 1.54) is 0 Å². The van der Waals surface area contributed by atoms with Crippen molar-refractivity contribution < 1.29 is 14.6 Å². The molecule has 1 atom stereocenters. The van der Waals surface area contributed by atoms with E-state index in [2.05, 4.69) is 10.6 Å². The van der Waals surface area contributed by atoms with E-state index in [4.69, 9.17) is 17.0 Å². The number of carbonyl (C=O) groups excluding carboxylic acids is 1. The Bertz CT molecular complexity index is 611. The Labute approximate surface area is 129 Å². The minimum atomic E-state index is -0.536. The van der Waals surface area contributed by atoms with Crippen LogP contribution >= 0.6 is 12.2 Å². The molecule has 1 aromatic rings. The van der Waals surface area contributed by atoms with Crippen LogP contribution in [0.5, 0.6) is 5.75 Å². The third-order valence-electron chi connectivity index (χ3n) is 3.08. The van der Waals surface area contributed by atoms with Crippen LogP contribution in [0, 0.1) is 0 Å². The van der Waals surface area contributed by atoms with E-state index in [9.17, 15) is 9.90 Å². The summed E-state index contributed by atoms with van der Waals surface area (Å²) in [5, 5.41) is 16.4. The van der Waals surface area contributed by atoms with Crippen molar-refractivity contribution in [2.75, 3.05) is 0 Å². The molecular formula is C15H18N2O3S. The van der Waals surface area contributed by atoms with Crippen molar-refractivity contribution in [1.82, 2.24) is 10.6 Å². The van der Waals surface area contributed by atoms with Gasteiger partial charge in [0.15, 0.2) is 5.11 Å². The highest BCUT2D eigenvalue weighted by Gasteiger charge is 2.32. The van der Waals surface area contributed by atoms with Crippen molar-refractivity contribution in [2.45, 2.75) is 32.9 Å². The van der Waals surface area contributed by atoms with Gasteiger partial charge in [0.25, 0.3) is 0 Å². The van der Waals surface area contributed by atoms with Crippen LogP contribution < -0.4 is 10.6 Å². The van der Waals surface area contributed by atoms with Crippen molar-refractivity contribution in [3.63, 3.8) is 0 Å². The standard InChI is InChI=1S/C15H18N2O3S/c1-8(2)20-14(19)12-9(3)16-15(21)17-13(12)10-6-4-5-7-11(10)18/h4-8,13,18H,1-3H3,(H2,16,17,21)/t13-/m1/s1. The topological polar surface area (TPSA) is 70.6 Å². The Morgan fingerprint density at radius 2 is 2.05 bits per heavy atom. The van der Waals surface area contributed by atoms with Crippen molar-refractivity contribution >= 4 is 23.3 Å². The number of rotatable bonds is 3. The number of allylic oxidation sites excluding steroid dienone is 1. The second-order valence-corrected chi connectivity index (χ2v) is 5.49. The first-order chi connectivity index (χ1) is 9.90. The van der Waals surface area contributed by atoms with Gasteiger partial charge in [-0.2, -0.15) is 0 Å². The molecule has 0 saturated heterocycles. The number of aromatic hydroxyl groups is 1. The minimum absolute atomic E-state index is 0.0994. The van der Waals surface area contributed by atoms with Crippen molar-refractivity contribution in [1.29, 1.82) is 0 Å². The number of para-hydroxylation sites is 1. The van der Waals surface area contributed by atoms with E-state index in [1.54, 1.807) is 45.0 Å². The lowest BCUT2D eigenvalue weighted by Crippen LogP contribution is -2.45. The molecule has 0 aliphatic carbocycles. The number of nitrogens with one attached hydrogen (secondary N) is 2. The molecule has 112 valence electrons. The number of phenolic OH excluding ortho intramolecular Hbond substituents is 1. The van der Waals surface area contributed by atoms with Crippen molar-refractivity contribution in [3.05, 3.63) is 41.1 Å². The van der Waals surface area contributed by atoms with Crippen LogP contribution in [0.15, 0.2) is 35.5 Å². The molecule has 0 amide bonds. The molecule has 3 N–H and O–H groups in total. The summed E-state index contributed by atoms with van der Waals surface area (Å²) >= 11 is 5.14. The second kappa shape index (κ2) is 6.13. The summed E-state index contributed by atoms with van der Waals surface area (Å²) in [5.74, 6) is -0.333. The average Bonchev–Trinajstić information content (AvgIpc) is 2.37. The van der Waals surface area contributed by atoms with Crippen LogP contribution in [0.2, 0.25) is 0 Å². The lowest BCUT2D eigenvalue weighted by molar-refractivity contribution is -0.143. The SMILES string of the molecule is CC1=C(C(=O)OC(C)C)[C@@H](c2ccccc2O)NC(=S)N1. The predicted octanol–water partition coefficient (Wildman–Crippen LogP) is 2.14. The molecule has 0 bridgehead atoms. The number of phenols is 1. The molecule has 1 aliphatic rings. The third kappa shape index (κ3) is 3.33. The second-order valence-electron chi connectivity index (χ2n) is 5.08. The summed E-state index contributed by atoms with van der Waals surface area (Å²) in [7, 11) is 0. The normalized spacial score (nSPS) is 18.3. The maximum absolute atomic E-state index is 12.3. The summed E-state index contributed by atoms with van der Waals surface area (Å²) < 4.78 is 5.29. The molecule has 1 heterocycles. The highest BCUT2D eigenvalue weighted by atomic mass is 32.1. The lowest BCUT2D eigenvalue weighted by Gasteiger charge is -2.30. The number of carbonyl (C=O) groups is 1. The van der Waals surface area contributed by atoms with Gasteiger partial charge in [0.1, 0.15) is 5.75 Å². The largest absolute Gasteiger partial charge is 0.508 e. The van der Waals surface area contributed by atoms with Gasteiger partial charge in [-0.05, 0) is 39.1 Å². The Balaban J connectivity index is 2.46. The smallest absolute Gasteiger partial charge is 0.338 e. The maximum atomic E-state index is 12.3. The van der Waals surface area contributed by atoms with Gasteiger partial charge in [-0.25, -0.2) is 4.79 Å². The van der Waals surface area contributed by atoms with Crippen LogP contribution in [0.4, 0.5) is 0 Å². The number of hydrogen-bond acceptors (Lipinski definition) is 4. The molecule has 6 heteroatoms. The number of benzene rings is 1. The van der Waals surface area contributed by atoms with E-state index in [0.717, 1.165) is 0 Å². The highest BCUT2D eigenvalue weighted by Crippen LogP contribution is 2.32. The van der Waals surface area contributed by atoms with Crippen LogP contribution in [0.3, 0.4) is 0 Å². The van der Waals surface area contributed by atoms with Gasteiger partial charge in [-0.3, -0.25) is 0 Å². The van der Waals surface area contributed by atoms with Gasteiger partial charge >= 0.3 is 5.97 Å². The van der Waals surface area contributed by atoms with E-state index in [1.807, 2.05) is 0 Å². The monoisotopic (exact) mass is 306 g/mol. The molecule has 0 radical (unpaired) electrons. The van der Waals surface area contributed by atoms with Crippen molar-refractivity contribution in [2.24, 2.45) is 0 Å². The molecule has 0 aromatic heterocycles. The first kappa shape index (κ1) is 15.3. The van der Waals surface area contributed by atoms with Crippen LogP contribution in [0.25, 0.3) is 0 Å². The van der Waals surface area contributed by atoms with Crippen LogP contribution in [-0.2, 0) is 9.53 Å². The fraction of sp³-hybridized carbons (Fsp3) is 0.333. The molecular weight excluding hydrogens is 288 g/mol. The molecule has 0 fully saturated rings. The van der Waals surface area contributed by atoms with E-state index < -0.39 is 12.0 Å². The number of hydrogen-bond donors (Lipinski definition) is 3. The molecule has 0 saturated carbocycles. The van der Waals surface area contributed by atoms with Gasteiger partial charge < -0.3 is 20.5 Å². The fourth-order valence-electron chi connectivity index (χ4n) is 2.21. The highest BCUT2D eigenvalue weighted by molar-refractivity contribution is 7.80. The van der Waals surface area contributed by atoms with Gasteiger partial charge in [0.2, 0.25) is 0 Å². The minimum Gasteiger partial charge on any atom is -0.508 e. The molecule has 0 unspecified atom stereocenters. The van der Waals surface area contributed by atoms with Gasteiger partial charge in [-0.1, -0.05) is 18.2 Å². The van der Waals surface area contributed by atoms with Gasteiger partial charge in [0.05, 0.1) is 17.7 Å². The van der Waals surface area contributed by atoms with E-state index in [0.29, 0.717) is 21.9 Å². The third-order valence-corrected chi connectivity index (χ3v) is 3.30. The van der Waals surface area contributed by atoms with E-state index >= 15 is 0 Å². The number of thiocarbonyl (C=S) groups is 1. The molecule has 2 rings (SSSR count). The first-order valence-corrected chi connectivity index (χ1v) is 7.08. The zero-order valence-electron chi connectivity index (χ0n) is 12.1.